The zero-order valence-electron chi connectivity index (χ0n) is 10.8. The third-order valence-corrected chi connectivity index (χ3v) is 4.49. The van der Waals surface area contributed by atoms with Crippen LogP contribution in [-0.4, -0.2) is 8.42 Å². The van der Waals surface area contributed by atoms with Crippen molar-refractivity contribution in [3.63, 3.8) is 0 Å². The van der Waals surface area contributed by atoms with Crippen molar-refractivity contribution in [1.29, 1.82) is 0 Å². The number of nitrogens with two attached hydrogens (primary N) is 1. The lowest BCUT2D eigenvalue weighted by molar-refractivity contribution is 0.459. The molecule has 2 aromatic rings. The molecular formula is C13H16N2O3S. The first-order valence-electron chi connectivity index (χ1n) is 5.82. The number of anilines is 1. The van der Waals surface area contributed by atoms with E-state index >= 15 is 0 Å². The molecule has 0 aliphatic rings. The first kappa shape index (κ1) is 13.6. The van der Waals surface area contributed by atoms with E-state index in [0.717, 1.165) is 0 Å². The van der Waals surface area contributed by atoms with Crippen LogP contribution in [0.5, 0.6) is 0 Å². The molecule has 102 valence electrons. The van der Waals surface area contributed by atoms with Crippen LogP contribution in [0.3, 0.4) is 0 Å². The van der Waals surface area contributed by atoms with Gasteiger partial charge < -0.3 is 10.2 Å². The van der Waals surface area contributed by atoms with Gasteiger partial charge in [0.1, 0.15) is 5.76 Å². The minimum Gasteiger partial charge on any atom is -0.468 e. The van der Waals surface area contributed by atoms with E-state index in [9.17, 15) is 8.42 Å². The molecule has 0 aliphatic carbocycles. The number of nitrogens with one attached hydrogen (secondary N) is 1. The van der Waals surface area contributed by atoms with E-state index in [0.29, 0.717) is 17.0 Å². The Hall–Kier alpha value is -1.79. The number of hydrogen-bond acceptors (Lipinski definition) is 4. The van der Waals surface area contributed by atoms with E-state index in [-0.39, 0.29) is 4.90 Å². The lowest BCUT2D eigenvalue weighted by Crippen LogP contribution is -2.27. The summed E-state index contributed by atoms with van der Waals surface area (Å²) in [5.41, 5.74) is 6.77. The van der Waals surface area contributed by atoms with Gasteiger partial charge in [0.25, 0.3) is 0 Å². The molecule has 1 atom stereocenters. The highest BCUT2D eigenvalue weighted by molar-refractivity contribution is 7.89. The normalized spacial score (nSPS) is 13.4. The molecule has 5 nitrogen and oxygen atoms in total. The second-order valence-electron chi connectivity index (χ2n) is 4.38. The molecule has 6 heteroatoms. The molecule has 1 aromatic heterocycles. The molecule has 0 amide bonds. The van der Waals surface area contributed by atoms with Crippen molar-refractivity contribution in [1.82, 2.24) is 4.72 Å². The average Bonchev–Trinajstić information content (AvgIpc) is 2.80. The Morgan fingerprint density at radius 3 is 2.63 bits per heavy atom. The zero-order valence-corrected chi connectivity index (χ0v) is 11.6. The van der Waals surface area contributed by atoms with Crippen LogP contribution in [0, 0.1) is 6.92 Å². The van der Waals surface area contributed by atoms with Gasteiger partial charge in [0.05, 0.1) is 17.2 Å². The maximum Gasteiger partial charge on any atom is 0.241 e. The van der Waals surface area contributed by atoms with Crippen LogP contribution in [0.2, 0.25) is 0 Å². The summed E-state index contributed by atoms with van der Waals surface area (Å²) in [5.74, 6) is 0.566. The number of sulfonamides is 1. The minimum atomic E-state index is -3.60. The molecule has 0 spiro atoms. The number of nitrogen functional groups attached to an aromatic ring is 1. The first-order chi connectivity index (χ1) is 8.90. The third-order valence-electron chi connectivity index (χ3n) is 2.79. The molecule has 0 saturated carbocycles. The van der Waals surface area contributed by atoms with Crippen molar-refractivity contribution >= 4 is 15.7 Å². The van der Waals surface area contributed by atoms with E-state index in [4.69, 9.17) is 10.2 Å². The van der Waals surface area contributed by atoms with Gasteiger partial charge in [-0.15, -0.1) is 0 Å². The first-order valence-corrected chi connectivity index (χ1v) is 7.30. The summed E-state index contributed by atoms with van der Waals surface area (Å²) in [4.78, 5) is 0.222. The summed E-state index contributed by atoms with van der Waals surface area (Å²) < 4.78 is 32.3. The highest BCUT2D eigenvalue weighted by Crippen LogP contribution is 2.21. The van der Waals surface area contributed by atoms with Gasteiger partial charge in [0, 0.05) is 5.69 Å². The molecule has 0 saturated heterocycles. The van der Waals surface area contributed by atoms with Crippen LogP contribution in [0.25, 0.3) is 0 Å². The molecular weight excluding hydrogens is 264 g/mol. The summed E-state index contributed by atoms with van der Waals surface area (Å²) in [6.07, 6.45) is 1.51. The Labute approximate surface area is 112 Å². The maximum atomic E-state index is 12.3. The van der Waals surface area contributed by atoms with Crippen molar-refractivity contribution in [2.45, 2.75) is 24.8 Å². The van der Waals surface area contributed by atoms with Crippen LogP contribution in [-0.2, 0) is 10.0 Å². The SMILES string of the molecule is Cc1cc(N)ccc1S(=O)(=O)NC(C)c1ccco1. The van der Waals surface area contributed by atoms with Crippen LogP contribution >= 0.6 is 0 Å². The smallest absolute Gasteiger partial charge is 0.241 e. The summed E-state index contributed by atoms with van der Waals surface area (Å²) >= 11 is 0. The van der Waals surface area contributed by atoms with E-state index in [1.54, 1.807) is 38.1 Å². The Balaban J connectivity index is 2.28. The van der Waals surface area contributed by atoms with Crippen molar-refractivity contribution in [3.8, 4) is 0 Å². The Morgan fingerprint density at radius 2 is 2.05 bits per heavy atom. The lowest BCUT2D eigenvalue weighted by Gasteiger charge is -2.13. The molecule has 3 N–H and O–H groups in total. The zero-order chi connectivity index (χ0) is 14.0. The quantitative estimate of drug-likeness (QED) is 0.841. The number of benzene rings is 1. The maximum absolute atomic E-state index is 12.3. The van der Waals surface area contributed by atoms with Crippen LogP contribution in [0.4, 0.5) is 5.69 Å². The summed E-state index contributed by atoms with van der Waals surface area (Å²) in [5, 5.41) is 0. The molecule has 0 bridgehead atoms. The van der Waals surface area contributed by atoms with Crippen LogP contribution in [0.15, 0.2) is 45.9 Å². The molecule has 0 fully saturated rings. The predicted octanol–water partition coefficient (Wildman–Crippen LogP) is 2.21. The van der Waals surface area contributed by atoms with Crippen molar-refractivity contribution in [2.24, 2.45) is 0 Å². The Morgan fingerprint density at radius 1 is 1.32 bits per heavy atom. The van der Waals surface area contributed by atoms with Gasteiger partial charge in [-0.3, -0.25) is 0 Å². The molecule has 0 radical (unpaired) electrons. The fraction of sp³-hybridized carbons (Fsp3) is 0.231. The molecule has 1 unspecified atom stereocenters. The van der Waals surface area contributed by atoms with Gasteiger partial charge in [-0.2, -0.15) is 0 Å². The van der Waals surface area contributed by atoms with Crippen LogP contribution in [0.1, 0.15) is 24.3 Å². The van der Waals surface area contributed by atoms with Gasteiger partial charge >= 0.3 is 0 Å². The third kappa shape index (κ3) is 2.97. The highest BCUT2D eigenvalue weighted by atomic mass is 32.2. The molecule has 19 heavy (non-hydrogen) atoms. The number of aryl methyl sites for hydroxylation is 1. The monoisotopic (exact) mass is 280 g/mol. The summed E-state index contributed by atoms with van der Waals surface area (Å²) in [6, 6.07) is 7.71. The van der Waals surface area contributed by atoms with Gasteiger partial charge in [0.2, 0.25) is 10.0 Å². The predicted molar refractivity (Wildman–Crippen MR) is 73.0 cm³/mol. The Bertz CT molecular complexity index is 663. The molecule has 2 rings (SSSR count). The van der Waals surface area contributed by atoms with Crippen molar-refractivity contribution in [3.05, 3.63) is 47.9 Å². The highest BCUT2D eigenvalue weighted by Gasteiger charge is 2.21. The summed E-state index contributed by atoms with van der Waals surface area (Å²) in [7, 11) is -3.60. The Kier molecular flexibility index (Phi) is 3.64. The largest absolute Gasteiger partial charge is 0.468 e. The topological polar surface area (TPSA) is 85.3 Å². The van der Waals surface area contributed by atoms with Gasteiger partial charge in [-0.25, -0.2) is 13.1 Å². The summed E-state index contributed by atoms with van der Waals surface area (Å²) in [6.45, 7) is 3.44. The van der Waals surface area contributed by atoms with Gasteiger partial charge in [0.15, 0.2) is 0 Å². The molecule has 1 aromatic carbocycles. The number of furan rings is 1. The number of hydrogen-bond donors (Lipinski definition) is 2. The standard InChI is InChI=1S/C13H16N2O3S/c1-9-8-11(14)5-6-13(9)19(16,17)15-10(2)12-4-3-7-18-12/h3-8,10,15H,14H2,1-2H3. The molecule has 1 heterocycles. The van der Waals surface area contributed by atoms with E-state index in [2.05, 4.69) is 4.72 Å². The van der Waals surface area contributed by atoms with Crippen molar-refractivity contribution < 1.29 is 12.8 Å². The van der Waals surface area contributed by atoms with E-state index in [1.165, 1.54) is 12.3 Å². The van der Waals surface area contributed by atoms with E-state index in [1.807, 2.05) is 0 Å². The van der Waals surface area contributed by atoms with Gasteiger partial charge in [-0.1, -0.05) is 0 Å². The lowest BCUT2D eigenvalue weighted by atomic mass is 10.2. The van der Waals surface area contributed by atoms with Crippen LogP contribution < -0.4 is 10.5 Å². The van der Waals surface area contributed by atoms with Gasteiger partial charge in [-0.05, 0) is 49.7 Å². The second kappa shape index (κ2) is 5.07. The van der Waals surface area contributed by atoms with E-state index < -0.39 is 16.1 Å². The fourth-order valence-electron chi connectivity index (χ4n) is 1.87. The fourth-order valence-corrected chi connectivity index (χ4v) is 3.30. The van der Waals surface area contributed by atoms with Crippen molar-refractivity contribution in [2.75, 3.05) is 5.73 Å². The number of rotatable bonds is 4. The second-order valence-corrected chi connectivity index (χ2v) is 6.07. The average molecular weight is 280 g/mol. The molecule has 0 aliphatic heterocycles. The minimum absolute atomic E-state index is 0.222.